The van der Waals surface area contributed by atoms with Crippen LogP contribution in [0.2, 0.25) is 5.02 Å². The normalized spacial score (nSPS) is 10.9. The van der Waals surface area contributed by atoms with Gasteiger partial charge in [-0.05, 0) is 71.8 Å². The molecule has 0 bridgehead atoms. The monoisotopic (exact) mass is 472 g/mol. The highest BCUT2D eigenvalue weighted by atomic mass is 35.5. The number of carbonyl (C=O) groups is 2. The van der Waals surface area contributed by atoms with Gasteiger partial charge in [0.15, 0.2) is 11.5 Å². The topological polar surface area (TPSA) is 77.0 Å². The maximum absolute atomic E-state index is 12.6. The van der Waals surface area contributed by atoms with Crippen LogP contribution in [0.4, 0.5) is 0 Å². The van der Waals surface area contributed by atoms with E-state index in [4.69, 9.17) is 21.1 Å². The Morgan fingerprint density at radius 3 is 2.50 bits per heavy atom. The van der Waals surface area contributed by atoms with E-state index in [1.54, 1.807) is 48.5 Å². The zero-order valence-corrected chi connectivity index (χ0v) is 19.1. The molecular weight excluding hydrogens is 452 g/mol. The van der Waals surface area contributed by atoms with Crippen LogP contribution < -0.4 is 14.9 Å². The summed E-state index contributed by atoms with van der Waals surface area (Å²) >= 11 is 5.87. The third-order valence-corrected chi connectivity index (χ3v) is 5.22. The number of rotatable bonds is 7. The summed E-state index contributed by atoms with van der Waals surface area (Å²) in [6, 6.07) is 24.6. The molecule has 0 spiro atoms. The molecule has 4 aromatic rings. The minimum Gasteiger partial charge on any atom is -0.490 e. The zero-order valence-electron chi connectivity index (χ0n) is 18.3. The molecule has 0 aliphatic rings. The van der Waals surface area contributed by atoms with Gasteiger partial charge < -0.3 is 9.47 Å². The fourth-order valence-corrected chi connectivity index (χ4v) is 3.48. The van der Waals surface area contributed by atoms with E-state index in [2.05, 4.69) is 10.5 Å². The van der Waals surface area contributed by atoms with E-state index in [0.29, 0.717) is 34.1 Å². The molecule has 0 heterocycles. The third kappa shape index (κ3) is 5.42. The van der Waals surface area contributed by atoms with Gasteiger partial charge in [0.25, 0.3) is 5.91 Å². The van der Waals surface area contributed by atoms with Gasteiger partial charge in [-0.3, -0.25) is 4.79 Å². The highest BCUT2D eigenvalue weighted by Crippen LogP contribution is 2.29. The quantitative estimate of drug-likeness (QED) is 0.158. The highest BCUT2D eigenvalue weighted by molar-refractivity contribution is 6.30. The molecular formula is C27H21ClN2O4. The number of hydrazone groups is 1. The minimum absolute atomic E-state index is 0.277. The van der Waals surface area contributed by atoms with E-state index in [1.807, 2.05) is 43.3 Å². The number of amides is 1. The first-order valence-corrected chi connectivity index (χ1v) is 11.0. The molecule has 0 saturated heterocycles. The minimum atomic E-state index is -0.526. The number of carbonyl (C=O) groups excluding carboxylic acids is 2. The van der Waals surface area contributed by atoms with Crippen molar-refractivity contribution >= 4 is 40.5 Å². The molecule has 0 aliphatic heterocycles. The van der Waals surface area contributed by atoms with E-state index in [9.17, 15) is 9.59 Å². The summed E-state index contributed by atoms with van der Waals surface area (Å²) in [7, 11) is 0. The zero-order chi connectivity index (χ0) is 23.9. The van der Waals surface area contributed by atoms with Crippen molar-refractivity contribution in [1.82, 2.24) is 5.43 Å². The van der Waals surface area contributed by atoms with Gasteiger partial charge in [0.1, 0.15) is 0 Å². The van der Waals surface area contributed by atoms with E-state index in [1.165, 1.54) is 6.21 Å². The first-order chi connectivity index (χ1) is 16.5. The second-order valence-corrected chi connectivity index (χ2v) is 7.70. The summed E-state index contributed by atoms with van der Waals surface area (Å²) in [5.74, 6) is -0.180. The molecule has 0 fully saturated rings. The summed E-state index contributed by atoms with van der Waals surface area (Å²) in [6.45, 7) is 2.21. The molecule has 1 amide bonds. The third-order valence-electron chi connectivity index (χ3n) is 4.96. The molecule has 170 valence electrons. The van der Waals surface area contributed by atoms with Crippen molar-refractivity contribution in [3.05, 3.63) is 107 Å². The summed E-state index contributed by atoms with van der Waals surface area (Å²) in [6.07, 6.45) is 1.50. The lowest BCUT2D eigenvalue weighted by molar-refractivity contribution is 0.0728. The molecule has 0 unspecified atom stereocenters. The number of hydrogen-bond donors (Lipinski definition) is 1. The number of nitrogens with one attached hydrogen (secondary N) is 1. The Kier molecular flexibility index (Phi) is 7.20. The van der Waals surface area contributed by atoms with Crippen LogP contribution >= 0.6 is 11.6 Å². The van der Waals surface area contributed by atoms with E-state index in [0.717, 1.165) is 10.8 Å². The number of fused-ring (bicyclic) bond motifs is 1. The van der Waals surface area contributed by atoms with E-state index >= 15 is 0 Å². The molecule has 4 rings (SSSR count). The van der Waals surface area contributed by atoms with Gasteiger partial charge >= 0.3 is 5.97 Å². The van der Waals surface area contributed by atoms with Crippen LogP contribution in [0, 0.1) is 0 Å². The van der Waals surface area contributed by atoms with Gasteiger partial charge in [0.05, 0.1) is 18.4 Å². The molecule has 0 aromatic heterocycles. The predicted molar refractivity (Wildman–Crippen MR) is 133 cm³/mol. The maximum atomic E-state index is 12.6. The van der Waals surface area contributed by atoms with Crippen molar-refractivity contribution in [2.75, 3.05) is 6.61 Å². The first-order valence-electron chi connectivity index (χ1n) is 10.6. The molecule has 1 N–H and O–H groups in total. The molecule has 0 saturated carbocycles. The molecule has 4 aromatic carbocycles. The Balaban J connectivity index is 1.47. The van der Waals surface area contributed by atoms with Crippen LogP contribution in [-0.2, 0) is 0 Å². The van der Waals surface area contributed by atoms with Crippen LogP contribution in [0.3, 0.4) is 0 Å². The van der Waals surface area contributed by atoms with Gasteiger partial charge in [0.2, 0.25) is 0 Å². The lowest BCUT2D eigenvalue weighted by atomic mass is 10.0. The fraction of sp³-hybridized carbons (Fsp3) is 0.0741. The summed E-state index contributed by atoms with van der Waals surface area (Å²) in [5.41, 5.74) is 4.12. The highest BCUT2D eigenvalue weighted by Gasteiger charge is 2.13. The number of esters is 1. The number of ether oxygens (including phenoxy) is 2. The number of benzene rings is 4. The van der Waals surface area contributed by atoms with Crippen molar-refractivity contribution in [2.45, 2.75) is 6.92 Å². The largest absolute Gasteiger partial charge is 0.490 e. The van der Waals surface area contributed by atoms with E-state index in [-0.39, 0.29) is 11.7 Å². The number of nitrogens with zero attached hydrogens (tertiary/aromatic N) is 1. The Morgan fingerprint density at radius 1 is 0.941 bits per heavy atom. The number of hydrogen-bond acceptors (Lipinski definition) is 5. The lowest BCUT2D eigenvalue weighted by Crippen LogP contribution is -2.17. The molecule has 0 radical (unpaired) electrons. The number of halogens is 1. The Labute approximate surface area is 201 Å². The standard InChI is InChI=1S/C27H21ClN2O4/c1-2-33-25-16-18(10-15-24(25)34-27(32)20-11-13-21(28)14-12-20)17-29-30-26(31)23-9-5-7-19-6-3-4-8-22(19)23/h3-17H,2H2,1H3,(H,30,31). The average Bonchev–Trinajstić information content (AvgIpc) is 2.85. The molecule has 0 atom stereocenters. The van der Waals surface area contributed by atoms with Crippen molar-refractivity contribution in [1.29, 1.82) is 0 Å². The van der Waals surface area contributed by atoms with E-state index < -0.39 is 5.97 Å². The van der Waals surface area contributed by atoms with Gasteiger partial charge in [-0.15, -0.1) is 0 Å². The van der Waals surface area contributed by atoms with Crippen LogP contribution in [-0.4, -0.2) is 24.7 Å². The SMILES string of the molecule is CCOc1cc(C=NNC(=O)c2cccc3ccccc23)ccc1OC(=O)c1ccc(Cl)cc1. The van der Waals surface area contributed by atoms with Crippen molar-refractivity contribution in [2.24, 2.45) is 5.10 Å². The molecule has 34 heavy (non-hydrogen) atoms. The maximum Gasteiger partial charge on any atom is 0.343 e. The van der Waals surface area contributed by atoms with Crippen LogP contribution in [0.15, 0.2) is 90.0 Å². The van der Waals surface area contributed by atoms with Crippen LogP contribution in [0.1, 0.15) is 33.2 Å². The van der Waals surface area contributed by atoms with Crippen molar-refractivity contribution in [3.8, 4) is 11.5 Å². The second kappa shape index (κ2) is 10.6. The average molecular weight is 473 g/mol. The Bertz CT molecular complexity index is 1360. The Hall–Kier alpha value is -4.16. The summed E-state index contributed by atoms with van der Waals surface area (Å²) in [5, 5.41) is 6.43. The molecule has 0 aliphatic carbocycles. The van der Waals surface area contributed by atoms with Crippen molar-refractivity contribution < 1.29 is 19.1 Å². The predicted octanol–water partition coefficient (Wildman–Crippen LogP) is 5.88. The lowest BCUT2D eigenvalue weighted by Gasteiger charge is -2.11. The Morgan fingerprint density at radius 2 is 1.71 bits per heavy atom. The fourth-order valence-electron chi connectivity index (χ4n) is 3.35. The van der Waals surface area contributed by atoms with Crippen molar-refractivity contribution in [3.63, 3.8) is 0 Å². The molecule has 7 heteroatoms. The van der Waals surface area contributed by atoms with Crippen LogP contribution in [0.25, 0.3) is 10.8 Å². The van der Waals surface area contributed by atoms with Gasteiger partial charge in [-0.1, -0.05) is 48.0 Å². The van der Waals surface area contributed by atoms with Gasteiger partial charge in [-0.25, -0.2) is 10.2 Å². The van der Waals surface area contributed by atoms with Gasteiger partial charge in [0, 0.05) is 10.6 Å². The summed E-state index contributed by atoms with van der Waals surface area (Å²) in [4.78, 5) is 25.1. The second-order valence-electron chi connectivity index (χ2n) is 7.26. The smallest absolute Gasteiger partial charge is 0.343 e. The van der Waals surface area contributed by atoms with Gasteiger partial charge in [-0.2, -0.15) is 5.10 Å². The summed E-state index contributed by atoms with van der Waals surface area (Å²) < 4.78 is 11.1. The molecule has 6 nitrogen and oxygen atoms in total. The first kappa shape index (κ1) is 23.0. The van der Waals surface area contributed by atoms with Crippen LogP contribution in [0.5, 0.6) is 11.5 Å².